The molecule has 0 aliphatic heterocycles. The van der Waals surface area contributed by atoms with E-state index in [2.05, 4.69) is 10.7 Å². The van der Waals surface area contributed by atoms with E-state index in [0.29, 0.717) is 6.54 Å². The molecule has 0 aliphatic carbocycles. The number of anilines is 1. The Hall–Kier alpha value is -1.39. The van der Waals surface area contributed by atoms with Gasteiger partial charge in [-0.2, -0.15) is 0 Å². The first kappa shape index (κ1) is 11.7. The molecule has 0 atom stereocenters. The maximum Gasteiger partial charge on any atom is 0.221 e. The van der Waals surface area contributed by atoms with Crippen LogP contribution in [0, 0.1) is 0 Å². The Kier molecular flexibility index (Phi) is 4.27. The largest absolute Gasteiger partial charge is 0.326 e. The minimum atomic E-state index is -0.0488. The molecule has 1 amide bonds. The van der Waals surface area contributed by atoms with Crippen LogP contribution >= 0.6 is 0 Å². The summed E-state index contributed by atoms with van der Waals surface area (Å²) in [5, 5.41) is 4.68. The molecule has 82 valence electrons. The third kappa shape index (κ3) is 4.10. The summed E-state index contributed by atoms with van der Waals surface area (Å²) in [6.45, 7) is 2.21. The van der Waals surface area contributed by atoms with Gasteiger partial charge in [-0.3, -0.25) is 15.2 Å². The van der Waals surface area contributed by atoms with E-state index in [9.17, 15) is 4.79 Å². The molecule has 4 heteroatoms. The normalized spacial score (nSPS) is 10.4. The van der Waals surface area contributed by atoms with Crippen LogP contribution < -0.4 is 10.7 Å². The van der Waals surface area contributed by atoms with E-state index in [0.717, 1.165) is 11.3 Å². The summed E-state index contributed by atoms with van der Waals surface area (Å²) in [5.74, 6) is -0.0488. The Balaban J connectivity index is 2.72. The molecular formula is C11H17N3O. The third-order valence-corrected chi connectivity index (χ3v) is 1.91. The molecule has 0 bridgehead atoms. The van der Waals surface area contributed by atoms with Gasteiger partial charge in [-0.05, 0) is 11.6 Å². The number of carbonyl (C=O) groups is 1. The Labute approximate surface area is 90.2 Å². The first-order valence-electron chi connectivity index (χ1n) is 4.86. The number of rotatable bonds is 4. The predicted molar refractivity (Wildman–Crippen MR) is 61.3 cm³/mol. The average Bonchev–Trinajstić information content (AvgIpc) is 2.15. The first-order valence-corrected chi connectivity index (χ1v) is 4.86. The zero-order valence-corrected chi connectivity index (χ0v) is 9.37. The number of amides is 1. The fourth-order valence-corrected chi connectivity index (χ4v) is 1.23. The van der Waals surface area contributed by atoms with Gasteiger partial charge in [0.1, 0.15) is 0 Å². The van der Waals surface area contributed by atoms with Crippen LogP contribution in [-0.2, 0) is 11.3 Å². The summed E-state index contributed by atoms with van der Waals surface area (Å²) in [7, 11) is 3.86. The van der Waals surface area contributed by atoms with Crippen molar-refractivity contribution in [2.24, 2.45) is 0 Å². The van der Waals surface area contributed by atoms with Gasteiger partial charge >= 0.3 is 0 Å². The number of carbonyl (C=O) groups excluding carboxylic acids is 1. The van der Waals surface area contributed by atoms with E-state index < -0.39 is 0 Å². The lowest BCUT2D eigenvalue weighted by molar-refractivity contribution is -0.114. The number of para-hydroxylation sites is 1. The molecule has 4 nitrogen and oxygen atoms in total. The van der Waals surface area contributed by atoms with Crippen LogP contribution in [0.3, 0.4) is 0 Å². The number of nitrogens with one attached hydrogen (secondary N) is 2. The number of benzene rings is 1. The van der Waals surface area contributed by atoms with Gasteiger partial charge in [-0.1, -0.05) is 18.2 Å². The molecule has 0 aromatic heterocycles. The van der Waals surface area contributed by atoms with E-state index in [1.54, 1.807) is 0 Å². The minimum Gasteiger partial charge on any atom is -0.326 e. The molecule has 1 aromatic rings. The summed E-state index contributed by atoms with van der Waals surface area (Å²) in [5.41, 5.74) is 5.09. The van der Waals surface area contributed by atoms with E-state index in [-0.39, 0.29) is 5.91 Å². The molecule has 0 fully saturated rings. The van der Waals surface area contributed by atoms with Gasteiger partial charge in [-0.15, -0.1) is 0 Å². The summed E-state index contributed by atoms with van der Waals surface area (Å²) in [6, 6.07) is 7.75. The van der Waals surface area contributed by atoms with Gasteiger partial charge < -0.3 is 5.32 Å². The van der Waals surface area contributed by atoms with Crippen molar-refractivity contribution < 1.29 is 4.79 Å². The number of hydrazine groups is 1. The van der Waals surface area contributed by atoms with Gasteiger partial charge in [0.15, 0.2) is 0 Å². The zero-order chi connectivity index (χ0) is 11.3. The van der Waals surface area contributed by atoms with Crippen LogP contribution in [0.4, 0.5) is 5.69 Å². The van der Waals surface area contributed by atoms with Crippen molar-refractivity contribution in [1.82, 2.24) is 10.4 Å². The molecule has 15 heavy (non-hydrogen) atoms. The molecule has 0 heterocycles. The van der Waals surface area contributed by atoms with E-state index in [1.807, 2.05) is 43.4 Å². The number of hydrogen-bond acceptors (Lipinski definition) is 3. The lowest BCUT2D eigenvalue weighted by Gasteiger charge is -2.14. The Bertz CT molecular complexity index is 336. The highest BCUT2D eigenvalue weighted by Gasteiger charge is 2.02. The SMILES string of the molecule is CC(=O)Nc1ccccc1CNN(C)C. The van der Waals surface area contributed by atoms with Gasteiger partial charge in [0.25, 0.3) is 0 Å². The average molecular weight is 207 g/mol. The fraction of sp³-hybridized carbons (Fsp3) is 0.364. The summed E-state index contributed by atoms with van der Waals surface area (Å²) >= 11 is 0. The highest BCUT2D eigenvalue weighted by Crippen LogP contribution is 2.14. The van der Waals surface area contributed by atoms with Crippen molar-refractivity contribution in [1.29, 1.82) is 0 Å². The second-order valence-corrected chi connectivity index (χ2v) is 3.57. The first-order chi connectivity index (χ1) is 7.09. The predicted octanol–water partition coefficient (Wildman–Crippen LogP) is 1.21. The molecule has 0 saturated heterocycles. The molecule has 0 spiro atoms. The monoisotopic (exact) mass is 207 g/mol. The highest BCUT2D eigenvalue weighted by molar-refractivity contribution is 5.89. The maximum absolute atomic E-state index is 11.0. The zero-order valence-electron chi connectivity index (χ0n) is 9.37. The van der Waals surface area contributed by atoms with Crippen molar-refractivity contribution in [3.8, 4) is 0 Å². The van der Waals surface area contributed by atoms with E-state index in [1.165, 1.54) is 6.92 Å². The molecule has 1 rings (SSSR count). The third-order valence-electron chi connectivity index (χ3n) is 1.91. The van der Waals surface area contributed by atoms with Gasteiger partial charge in [0.05, 0.1) is 0 Å². The van der Waals surface area contributed by atoms with Gasteiger partial charge in [0, 0.05) is 33.3 Å². The smallest absolute Gasteiger partial charge is 0.221 e. The van der Waals surface area contributed by atoms with Crippen molar-refractivity contribution in [2.45, 2.75) is 13.5 Å². The van der Waals surface area contributed by atoms with Crippen LogP contribution in [0.15, 0.2) is 24.3 Å². The van der Waals surface area contributed by atoms with Crippen molar-refractivity contribution in [2.75, 3.05) is 19.4 Å². The molecule has 0 unspecified atom stereocenters. The quantitative estimate of drug-likeness (QED) is 0.729. The molecular weight excluding hydrogens is 190 g/mol. The van der Waals surface area contributed by atoms with Crippen molar-refractivity contribution in [3.63, 3.8) is 0 Å². The molecule has 0 radical (unpaired) electrons. The number of nitrogens with zero attached hydrogens (tertiary/aromatic N) is 1. The lowest BCUT2D eigenvalue weighted by Crippen LogP contribution is -2.30. The van der Waals surface area contributed by atoms with E-state index in [4.69, 9.17) is 0 Å². The standard InChI is InChI=1S/C11H17N3O/c1-9(15)13-11-7-5-4-6-10(11)8-12-14(2)3/h4-7,12H,8H2,1-3H3,(H,13,15). The van der Waals surface area contributed by atoms with Crippen LogP contribution in [-0.4, -0.2) is 25.0 Å². The molecule has 0 aliphatic rings. The second kappa shape index (κ2) is 5.48. The summed E-state index contributed by atoms with van der Waals surface area (Å²) in [4.78, 5) is 11.0. The summed E-state index contributed by atoms with van der Waals surface area (Å²) < 4.78 is 0. The highest BCUT2D eigenvalue weighted by atomic mass is 16.1. The Morgan fingerprint density at radius 3 is 2.60 bits per heavy atom. The van der Waals surface area contributed by atoms with Gasteiger partial charge in [-0.25, -0.2) is 0 Å². The number of hydrogen-bond donors (Lipinski definition) is 2. The molecule has 1 aromatic carbocycles. The minimum absolute atomic E-state index is 0.0488. The maximum atomic E-state index is 11.0. The van der Waals surface area contributed by atoms with Crippen molar-refractivity contribution >= 4 is 11.6 Å². The second-order valence-electron chi connectivity index (χ2n) is 3.57. The topological polar surface area (TPSA) is 44.4 Å². The van der Waals surface area contributed by atoms with Gasteiger partial charge in [0.2, 0.25) is 5.91 Å². The lowest BCUT2D eigenvalue weighted by atomic mass is 10.2. The van der Waals surface area contributed by atoms with Crippen LogP contribution in [0.25, 0.3) is 0 Å². The fourth-order valence-electron chi connectivity index (χ4n) is 1.23. The Morgan fingerprint density at radius 1 is 1.33 bits per heavy atom. The summed E-state index contributed by atoms with van der Waals surface area (Å²) in [6.07, 6.45) is 0. The van der Waals surface area contributed by atoms with Crippen molar-refractivity contribution in [3.05, 3.63) is 29.8 Å². The van der Waals surface area contributed by atoms with Crippen LogP contribution in [0.2, 0.25) is 0 Å². The van der Waals surface area contributed by atoms with E-state index >= 15 is 0 Å². The van der Waals surface area contributed by atoms with Crippen LogP contribution in [0.1, 0.15) is 12.5 Å². The van der Waals surface area contributed by atoms with Crippen LogP contribution in [0.5, 0.6) is 0 Å². The Morgan fingerprint density at radius 2 is 2.00 bits per heavy atom. The molecule has 2 N–H and O–H groups in total. The molecule has 0 saturated carbocycles.